The van der Waals surface area contributed by atoms with Gasteiger partial charge in [-0.25, -0.2) is 0 Å². The summed E-state index contributed by atoms with van der Waals surface area (Å²) in [5.74, 6) is 0.761. The highest BCUT2D eigenvalue weighted by molar-refractivity contribution is 5.20. The molecular formula is C15H23NO. The maximum atomic E-state index is 5.82. The number of aryl methyl sites for hydroxylation is 1. The first-order valence-electron chi connectivity index (χ1n) is 6.56. The third kappa shape index (κ3) is 4.14. The summed E-state index contributed by atoms with van der Waals surface area (Å²) in [7, 11) is 2.20. The van der Waals surface area contributed by atoms with Gasteiger partial charge in [-0.1, -0.05) is 29.8 Å². The summed E-state index contributed by atoms with van der Waals surface area (Å²) in [4.78, 5) is 2.40. The summed E-state index contributed by atoms with van der Waals surface area (Å²) in [6.07, 6.45) is 2.56. The van der Waals surface area contributed by atoms with Crippen LogP contribution in [0.4, 0.5) is 0 Å². The molecule has 1 aliphatic rings. The van der Waals surface area contributed by atoms with Gasteiger partial charge in [0.25, 0.3) is 0 Å². The van der Waals surface area contributed by atoms with Gasteiger partial charge in [-0.2, -0.15) is 0 Å². The van der Waals surface area contributed by atoms with Gasteiger partial charge in [0.2, 0.25) is 0 Å². The van der Waals surface area contributed by atoms with Crippen LogP contribution in [0.5, 0.6) is 0 Å². The van der Waals surface area contributed by atoms with Crippen molar-refractivity contribution in [3.8, 4) is 0 Å². The normalized spacial score (nSPS) is 18.5. The summed E-state index contributed by atoms with van der Waals surface area (Å²) in [6.45, 7) is 6.23. The number of hydrogen-bond acceptors (Lipinski definition) is 2. The Morgan fingerprint density at radius 2 is 1.82 bits per heavy atom. The summed E-state index contributed by atoms with van der Waals surface area (Å²) in [6, 6.07) is 8.61. The Kier molecular flexibility index (Phi) is 4.57. The number of rotatable bonds is 4. The molecule has 0 spiro atoms. The van der Waals surface area contributed by atoms with E-state index in [1.165, 1.54) is 37.1 Å². The van der Waals surface area contributed by atoms with Crippen LogP contribution < -0.4 is 0 Å². The number of piperidine rings is 1. The van der Waals surface area contributed by atoms with Gasteiger partial charge < -0.3 is 9.64 Å². The monoisotopic (exact) mass is 233 g/mol. The lowest BCUT2D eigenvalue weighted by Crippen LogP contribution is -2.31. The molecule has 1 aromatic carbocycles. The van der Waals surface area contributed by atoms with E-state index in [4.69, 9.17) is 4.74 Å². The molecule has 0 amide bonds. The average molecular weight is 233 g/mol. The van der Waals surface area contributed by atoms with Crippen LogP contribution in [0.3, 0.4) is 0 Å². The van der Waals surface area contributed by atoms with Crippen molar-refractivity contribution in [2.24, 2.45) is 5.92 Å². The standard InChI is InChI=1S/C15H23NO/c1-13-3-5-14(6-4-13)11-17-12-15-7-9-16(2)10-8-15/h3-6,15H,7-12H2,1-2H3. The molecule has 1 heterocycles. The number of likely N-dealkylation sites (tertiary alicyclic amines) is 1. The lowest BCUT2D eigenvalue weighted by atomic mass is 9.98. The molecule has 0 aliphatic carbocycles. The van der Waals surface area contributed by atoms with E-state index in [9.17, 15) is 0 Å². The predicted octanol–water partition coefficient (Wildman–Crippen LogP) is 2.85. The lowest BCUT2D eigenvalue weighted by molar-refractivity contribution is 0.0623. The Labute approximate surface area is 105 Å². The highest BCUT2D eigenvalue weighted by Crippen LogP contribution is 2.16. The minimum atomic E-state index is 0.757. The molecule has 0 unspecified atom stereocenters. The van der Waals surface area contributed by atoms with Crippen LogP contribution >= 0.6 is 0 Å². The molecule has 0 N–H and O–H groups in total. The van der Waals surface area contributed by atoms with E-state index in [2.05, 4.69) is 43.1 Å². The zero-order valence-corrected chi connectivity index (χ0v) is 11.0. The molecule has 2 nitrogen and oxygen atoms in total. The van der Waals surface area contributed by atoms with Crippen molar-refractivity contribution in [1.29, 1.82) is 0 Å². The van der Waals surface area contributed by atoms with Gasteiger partial charge in [0.15, 0.2) is 0 Å². The lowest BCUT2D eigenvalue weighted by Gasteiger charge is -2.28. The van der Waals surface area contributed by atoms with E-state index < -0.39 is 0 Å². The fourth-order valence-electron chi connectivity index (χ4n) is 2.26. The van der Waals surface area contributed by atoms with Crippen molar-refractivity contribution in [3.05, 3.63) is 35.4 Å². The first-order valence-corrected chi connectivity index (χ1v) is 6.56. The van der Waals surface area contributed by atoms with Gasteiger partial charge in [0.1, 0.15) is 0 Å². The predicted molar refractivity (Wildman–Crippen MR) is 71.1 cm³/mol. The largest absolute Gasteiger partial charge is 0.376 e. The molecule has 1 fully saturated rings. The van der Waals surface area contributed by atoms with E-state index in [0.717, 1.165) is 19.1 Å². The number of ether oxygens (including phenoxy) is 1. The van der Waals surface area contributed by atoms with Gasteiger partial charge in [-0.3, -0.25) is 0 Å². The first-order chi connectivity index (χ1) is 8.24. The van der Waals surface area contributed by atoms with Crippen molar-refractivity contribution in [3.63, 3.8) is 0 Å². The second kappa shape index (κ2) is 6.18. The highest BCUT2D eigenvalue weighted by Gasteiger charge is 2.16. The molecule has 94 valence electrons. The van der Waals surface area contributed by atoms with Crippen LogP contribution in [-0.4, -0.2) is 31.6 Å². The van der Waals surface area contributed by atoms with Gasteiger partial charge in [0, 0.05) is 6.61 Å². The first kappa shape index (κ1) is 12.6. The molecule has 2 heteroatoms. The van der Waals surface area contributed by atoms with Crippen molar-refractivity contribution in [1.82, 2.24) is 4.90 Å². The molecule has 0 radical (unpaired) electrons. The van der Waals surface area contributed by atoms with Crippen LogP contribution in [0.1, 0.15) is 24.0 Å². The number of benzene rings is 1. The van der Waals surface area contributed by atoms with E-state index >= 15 is 0 Å². The van der Waals surface area contributed by atoms with Gasteiger partial charge in [-0.15, -0.1) is 0 Å². The van der Waals surface area contributed by atoms with Crippen molar-refractivity contribution in [2.45, 2.75) is 26.4 Å². The van der Waals surface area contributed by atoms with Gasteiger partial charge >= 0.3 is 0 Å². The maximum Gasteiger partial charge on any atom is 0.0717 e. The molecule has 0 aromatic heterocycles. The van der Waals surface area contributed by atoms with E-state index in [1.54, 1.807) is 0 Å². The number of hydrogen-bond donors (Lipinski definition) is 0. The zero-order chi connectivity index (χ0) is 12.1. The number of nitrogens with zero attached hydrogens (tertiary/aromatic N) is 1. The van der Waals surface area contributed by atoms with E-state index in [1.807, 2.05) is 0 Å². The van der Waals surface area contributed by atoms with Crippen molar-refractivity contribution < 1.29 is 4.74 Å². The summed E-state index contributed by atoms with van der Waals surface area (Å²) < 4.78 is 5.82. The SMILES string of the molecule is Cc1ccc(COCC2CCN(C)CC2)cc1. The van der Waals surface area contributed by atoms with Crippen molar-refractivity contribution in [2.75, 3.05) is 26.7 Å². The molecule has 0 bridgehead atoms. The van der Waals surface area contributed by atoms with Crippen LogP contribution in [0.15, 0.2) is 24.3 Å². The van der Waals surface area contributed by atoms with Crippen LogP contribution in [-0.2, 0) is 11.3 Å². The zero-order valence-electron chi connectivity index (χ0n) is 11.0. The molecule has 1 aliphatic heterocycles. The molecule has 0 atom stereocenters. The summed E-state index contributed by atoms with van der Waals surface area (Å²) in [5.41, 5.74) is 2.59. The average Bonchev–Trinajstić information content (AvgIpc) is 2.34. The molecule has 0 saturated carbocycles. The summed E-state index contributed by atoms with van der Waals surface area (Å²) in [5, 5.41) is 0. The Balaban J connectivity index is 1.67. The topological polar surface area (TPSA) is 12.5 Å². The minimum absolute atomic E-state index is 0.757. The molecule has 1 saturated heterocycles. The fourth-order valence-corrected chi connectivity index (χ4v) is 2.26. The van der Waals surface area contributed by atoms with E-state index in [-0.39, 0.29) is 0 Å². The second-order valence-corrected chi connectivity index (χ2v) is 5.25. The molecule has 2 rings (SSSR count). The minimum Gasteiger partial charge on any atom is -0.376 e. The Morgan fingerprint density at radius 3 is 2.47 bits per heavy atom. The molecule has 17 heavy (non-hydrogen) atoms. The van der Waals surface area contributed by atoms with Crippen LogP contribution in [0, 0.1) is 12.8 Å². The maximum absolute atomic E-state index is 5.82. The van der Waals surface area contributed by atoms with Gasteiger partial charge in [0.05, 0.1) is 6.61 Å². The smallest absolute Gasteiger partial charge is 0.0717 e. The second-order valence-electron chi connectivity index (χ2n) is 5.25. The fraction of sp³-hybridized carbons (Fsp3) is 0.600. The van der Waals surface area contributed by atoms with Crippen molar-refractivity contribution >= 4 is 0 Å². The third-order valence-corrected chi connectivity index (χ3v) is 3.58. The Hall–Kier alpha value is -0.860. The molecular weight excluding hydrogens is 210 g/mol. The Morgan fingerprint density at radius 1 is 1.18 bits per heavy atom. The van der Waals surface area contributed by atoms with Gasteiger partial charge in [-0.05, 0) is 51.4 Å². The summed E-state index contributed by atoms with van der Waals surface area (Å²) >= 11 is 0. The molecule has 1 aromatic rings. The van der Waals surface area contributed by atoms with E-state index in [0.29, 0.717) is 0 Å². The van der Waals surface area contributed by atoms with Crippen LogP contribution in [0.2, 0.25) is 0 Å². The third-order valence-electron chi connectivity index (χ3n) is 3.58. The van der Waals surface area contributed by atoms with Crippen LogP contribution in [0.25, 0.3) is 0 Å². The highest BCUT2D eigenvalue weighted by atomic mass is 16.5. The Bertz CT molecular complexity index is 325. The quantitative estimate of drug-likeness (QED) is 0.793.